The Kier molecular flexibility index (Phi) is 3.34. The van der Waals surface area contributed by atoms with Crippen molar-refractivity contribution in [2.45, 2.75) is 30.3 Å². The standard InChI is InChI=1S/C8H14N4O3S2/c1-5-4-15-6(2)3-12(5)17(13,14)8-11-10-7(9)16-8/h5-6H,3-4H2,1-2H3,(H2,9,10). The number of nitrogens with two attached hydrogens (primary N) is 1. The number of sulfonamides is 1. The summed E-state index contributed by atoms with van der Waals surface area (Å²) in [5.41, 5.74) is 5.40. The highest BCUT2D eigenvalue weighted by Crippen LogP contribution is 2.25. The number of nitrogens with zero attached hydrogens (tertiary/aromatic N) is 3. The van der Waals surface area contributed by atoms with E-state index in [0.717, 1.165) is 11.3 Å². The Morgan fingerprint density at radius 1 is 1.47 bits per heavy atom. The summed E-state index contributed by atoms with van der Waals surface area (Å²) in [5, 5.41) is 7.28. The SMILES string of the molecule is CC1CN(S(=O)(=O)c2nnc(N)s2)C(C)CO1. The maximum absolute atomic E-state index is 12.3. The van der Waals surface area contributed by atoms with E-state index in [0.29, 0.717) is 13.2 Å². The van der Waals surface area contributed by atoms with Gasteiger partial charge in [0.15, 0.2) is 0 Å². The molecule has 0 saturated carbocycles. The van der Waals surface area contributed by atoms with Crippen molar-refractivity contribution in [1.29, 1.82) is 0 Å². The Morgan fingerprint density at radius 3 is 2.76 bits per heavy atom. The van der Waals surface area contributed by atoms with Crippen LogP contribution < -0.4 is 5.73 Å². The van der Waals surface area contributed by atoms with Crippen LogP contribution >= 0.6 is 11.3 Å². The van der Waals surface area contributed by atoms with E-state index < -0.39 is 10.0 Å². The van der Waals surface area contributed by atoms with E-state index >= 15 is 0 Å². The fraction of sp³-hybridized carbons (Fsp3) is 0.750. The lowest BCUT2D eigenvalue weighted by Crippen LogP contribution is -2.50. The first-order valence-corrected chi connectivity index (χ1v) is 7.39. The number of ether oxygens (including phenoxy) is 1. The van der Waals surface area contributed by atoms with E-state index in [2.05, 4.69) is 10.2 Å². The van der Waals surface area contributed by atoms with Crippen LogP contribution in [0.3, 0.4) is 0 Å². The van der Waals surface area contributed by atoms with Crippen LogP contribution in [0.25, 0.3) is 0 Å². The molecular formula is C8H14N4O3S2. The monoisotopic (exact) mass is 278 g/mol. The molecule has 2 heterocycles. The molecule has 1 aromatic heterocycles. The number of aromatic nitrogens is 2. The summed E-state index contributed by atoms with van der Waals surface area (Å²) in [4.78, 5) is 0. The number of anilines is 1. The molecule has 96 valence electrons. The van der Waals surface area contributed by atoms with Gasteiger partial charge in [-0.1, -0.05) is 11.3 Å². The van der Waals surface area contributed by atoms with Gasteiger partial charge in [0, 0.05) is 12.6 Å². The van der Waals surface area contributed by atoms with Crippen LogP contribution in [0.4, 0.5) is 5.13 Å². The van der Waals surface area contributed by atoms with Crippen molar-refractivity contribution in [1.82, 2.24) is 14.5 Å². The second-order valence-electron chi connectivity index (χ2n) is 3.97. The van der Waals surface area contributed by atoms with Crippen LogP contribution in [0.1, 0.15) is 13.8 Å². The van der Waals surface area contributed by atoms with E-state index in [1.165, 1.54) is 4.31 Å². The minimum absolute atomic E-state index is 0.0593. The number of hydrogen-bond acceptors (Lipinski definition) is 7. The topological polar surface area (TPSA) is 98.4 Å². The smallest absolute Gasteiger partial charge is 0.272 e. The average Bonchev–Trinajstić information content (AvgIpc) is 2.69. The van der Waals surface area contributed by atoms with E-state index in [1.807, 2.05) is 6.92 Å². The van der Waals surface area contributed by atoms with E-state index in [9.17, 15) is 8.42 Å². The van der Waals surface area contributed by atoms with Gasteiger partial charge in [-0.2, -0.15) is 4.31 Å². The van der Waals surface area contributed by atoms with Gasteiger partial charge >= 0.3 is 0 Å². The average molecular weight is 278 g/mol. The van der Waals surface area contributed by atoms with Gasteiger partial charge in [0.1, 0.15) is 0 Å². The largest absolute Gasteiger partial charge is 0.375 e. The van der Waals surface area contributed by atoms with Gasteiger partial charge in [0.2, 0.25) is 9.47 Å². The second-order valence-corrected chi connectivity index (χ2v) is 7.05. The molecular weight excluding hydrogens is 264 g/mol. The zero-order valence-corrected chi connectivity index (χ0v) is 11.2. The molecule has 2 N–H and O–H groups in total. The van der Waals surface area contributed by atoms with Crippen molar-refractivity contribution in [2.24, 2.45) is 0 Å². The van der Waals surface area contributed by atoms with Gasteiger partial charge in [0.05, 0.1) is 12.7 Å². The molecule has 0 bridgehead atoms. The molecule has 1 aliphatic rings. The Balaban J connectivity index is 2.31. The minimum Gasteiger partial charge on any atom is -0.375 e. The lowest BCUT2D eigenvalue weighted by Gasteiger charge is -2.34. The van der Waals surface area contributed by atoms with Crippen molar-refractivity contribution in [3.05, 3.63) is 0 Å². The molecule has 1 saturated heterocycles. The van der Waals surface area contributed by atoms with Crippen LogP contribution in [0, 0.1) is 0 Å². The lowest BCUT2D eigenvalue weighted by molar-refractivity contribution is -0.0170. The molecule has 7 nitrogen and oxygen atoms in total. The predicted octanol–water partition coefficient (Wildman–Crippen LogP) is -0.0818. The van der Waals surface area contributed by atoms with E-state index in [-0.39, 0.29) is 21.6 Å². The highest BCUT2D eigenvalue weighted by atomic mass is 32.2. The molecule has 2 atom stereocenters. The maximum Gasteiger partial charge on any atom is 0.272 e. The Morgan fingerprint density at radius 2 is 2.18 bits per heavy atom. The van der Waals surface area contributed by atoms with E-state index in [4.69, 9.17) is 10.5 Å². The van der Waals surface area contributed by atoms with Gasteiger partial charge < -0.3 is 10.5 Å². The molecule has 0 aliphatic carbocycles. The highest BCUT2D eigenvalue weighted by Gasteiger charge is 2.36. The van der Waals surface area contributed by atoms with Crippen molar-refractivity contribution in [2.75, 3.05) is 18.9 Å². The third kappa shape index (κ3) is 2.41. The van der Waals surface area contributed by atoms with Gasteiger partial charge in [0.25, 0.3) is 10.0 Å². The zero-order valence-electron chi connectivity index (χ0n) is 9.53. The molecule has 9 heteroatoms. The van der Waals surface area contributed by atoms with Crippen molar-refractivity contribution in [3.8, 4) is 0 Å². The van der Waals surface area contributed by atoms with Crippen molar-refractivity contribution < 1.29 is 13.2 Å². The fourth-order valence-electron chi connectivity index (χ4n) is 1.63. The first-order valence-electron chi connectivity index (χ1n) is 5.13. The Bertz CT molecular complexity index is 501. The third-order valence-electron chi connectivity index (χ3n) is 2.50. The summed E-state index contributed by atoms with van der Waals surface area (Å²) in [6, 6.07) is -0.207. The molecule has 2 rings (SSSR count). The molecule has 0 radical (unpaired) electrons. The number of nitrogen functional groups attached to an aromatic ring is 1. The number of morpholine rings is 1. The first kappa shape index (κ1) is 12.7. The first-order chi connectivity index (χ1) is 7.91. The van der Waals surface area contributed by atoms with Gasteiger partial charge in [-0.3, -0.25) is 0 Å². The van der Waals surface area contributed by atoms with Crippen LogP contribution in [0.5, 0.6) is 0 Å². The third-order valence-corrected chi connectivity index (χ3v) is 5.58. The maximum atomic E-state index is 12.3. The quantitative estimate of drug-likeness (QED) is 0.812. The van der Waals surface area contributed by atoms with Crippen molar-refractivity contribution >= 4 is 26.5 Å². The molecule has 1 aromatic rings. The number of rotatable bonds is 2. The Hall–Kier alpha value is -0.770. The van der Waals surface area contributed by atoms with Gasteiger partial charge in [-0.15, -0.1) is 10.2 Å². The van der Waals surface area contributed by atoms with Crippen LogP contribution in [0.2, 0.25) is 0 Å². The van der Waals surface area contributed by atoms with Crippen LogP contribution in [-0.4, -0.2) is 48.2 Å². The summed E-state index contributed by atoms with van der Waals surface area (Å²) in [5.74, 6) is 0. The lowest BCUT2D eigenvalue weighted by atomic mass is 10.2. The summed E-state index contributed by atoms with van der Waals surface area (Å²) in [6.07, 6.45) is -0.119. The van der Waals surface area contributed by atoms with Crippen molar-refractivity contribution in [3.63, 3.8) is 0 Å². The summed E-state index contributed by atoms with van der Waals surface area (Å²) >= 11 is 0.877. The Labute approximate surface area is 104 Å². The predicted molar refractivity (Wildman–Crippen MR) is 63.1 cm³/mol. The molecule has 17 heavy (non-hydrogen) atoms. The molecule has 0 amide bonds. The molecule has 2 unspecified atom stereocenters. The van der Waals surface area contributed by atoms with E-state index in [1.54, 1.807) is 6.92 Å². The highest BCUT2D eigenvalue weighted by molar-refractivity contribution is 7.91. The molecule has 1 aliphatic heterocycles. The molecule has 0 aromatic carbocycles. The molecule has 1 fully saturated rings. The molecule has 0 spiro atoms. The minimum atomic E-state index is -3.61. The fourth-order valence-corrected chi connectivity index (χ4v) is 4.22. The van der Waals surface area contributed by atoms with Crippen LogP contribution in [-0.2, 0) is 14.8 Å². The summed E-state index contributed by atoms with van der Waals surface area (Å²) < 4.78 is 31.3. The van der Waals surface area contributed by atoms with Crippen LogP contribution in [0.15, 0.2) is 4.34 Å². The normalized spacial score (nSPS) is 27.2. The summed E-state index contributed by atoms with van der Waals surface area (Å²) in [7, 11) is -3.61. The van der Waals surface area contributed by atoms with Gasteiger partial charge in [-0.25, -0.2) is 8.42 Å². The summed E-state index contributed by atoms with van der Waals surface area (Å²) in [6.45, 7) is 4.34. The second kappa shape index (κ2) is 4.48. The zero-order chi connectivity index (χ0) is 12.6. The number of hydrogen-bond donors (Lipinski definition) is 1. The van der Waals surface area contributed by atoms with Gasteiger partial charge in [-0.05, 0) is 13.8 Å².